The quantitative estimate of drug-likeness (QED) is 0.776. The predicted octanol–water partition coefficient (Wildman–Crippen LogP) is 1.84. The molecule has 1 N–H and O–H groups in total. The number of benzene rings is 1. The Balaban J connectivity index is 1.98. The predicted molar refractivity (Wildman–Crippen MR) is 78.0 cm³/mol. The summed E-state index contributed by atoms with van der Waals surface area (Å²) in [4.78, 5) is 10.8. The third kappa shape index (κ3) is 2.65. The molecule has 0 amide bonds. The number of rotatable bonds is 5. The molecular weight excluding hydrogens is 268 g/mol. The molecule has 2 aromatic heterocycles. The molecule has 21 heavy (non-hydrogen) atoms. The van der Waals surface area contributed by atoms with Crippen molar-refractivity contribution in [2.45, 2.75) is 19.4 Å². The van der Waals surface area contributed by atoms with Crippen molar-refractivity contribution in [3.05, 3.63) is 48.2 Å². The van der Waals surface area contributed by atoms with E-state index in [-0.39, 0.29) is 6.42 Å². The van der Waals surface area contributed by atoms with E-state index in [0.717, 1.165) is 22.3 Å². The van der Waals surface area contributed by atoms with Gasteiger partial charge in [0, 0.05) is 30.6 Å². The summed E-state index contributed by atoms with van der Waals surface area (Å²) in [7, 11) is 1.91. The van der Waals surface area contributed by atoms with Crippen molar-refractivity contribution >= 4 is 16.9 Å². The van der Waals surface area contributed by atoms with E-state index in [9.17, 15) is 4.79 Å². The van der Waals surface area contributed by atoms with Gasteiger partial charge >= 0.3 is 5.97 Å². The monoisotopic (exact) mass is 284 g/mol. The number of fused-ring (bicyclic) bond motifs is 1. The first-order chi connectivity index (χ1) is 10.1. The van der Waals surface area contributed by atoms with Crippen molar-refractivity contribution in [1.29, 1.82) is 0 Å². The Morgan fingerprint density at radius 2 is 2.14 bits per heavy atom. The van der Waals surface area contributed by atoms with Crippen molar-refractivity contribution in [3.8, 4) is 0 Å². The molecule has 1 aromatic carbocycles. The maximum absolute atomic E-state index is 10.8. The van der Waals surface area contributed by atoms with Crippen LogP contribution in [0.15, 0.2) is 36.8 Å². The molecule has 0 aliphatic heterocycles. The smallest absolute Gasteiger partial charge is 0.303 e. The van der Waals surface area contributed by atoms with Crippen LogP contribution in [0.4, 0.5) is 0 Å². The highest BCUT2D eigenvalue weighted by atomic mass is 16.4. The molecule has 2 heterocycles. The average molecular weight is 284 g/mol. The zero-order valence-electron chi connectivity index (χ0n) is 11.7. The summed E-state index contributed by atoms with van der Waals surface area (Å²) in [5.41, 5.74) is 2.14. The third-order valence-corrected chi connectivity index (χ3v) is 3.60. The van der Waals surface area contributed by atoms with E-state index in [1.807, 2.05) is 42.1 Å². The van der Waals surface area contributed by atoms with E-state index in [1.54, 1.807) is 6.33 Å². The van der Waals surface area contributed by atoms with Crippen molar-refractivity contribution in [2.75, 3.05) is 0 Å². The van der Waals surface area contributed by atoms with E-state index in [0.29, 0.717) is 13.0 Å². The summed E-state index contributed by atoms with van der Waals surface area (Å²) >= 11 is 0. The lowest BCUT2D eigenvalue weighted by Crippen LogP contribution is -2.04. The second-order valence-corrected chi connectivity index (χ2v) is 5.05. The van der Waals surface area contributed by atoms with E-state index >= 15 is 0 Å². The molecule has 0 bridgehead atoms. The molecule has 3 aromatic rings. The SMILES string of the molecule is Cn1cnnc1Cn1cc(CCC(=O)O)c2ccccc21. The zero-order chi connectivity index (χ0) is 14.8. The second kappa shape index (κ2) is 5.40. The Bertz CT molecular complexity index is 788. The number of carboxylic acids is 1. The summed E-state index contributed by atoms with van der Waals surface area (Å²) in [5, 5.41) is 18.0. The molecule has 3 rings (SSSR count). The largest absolute Gasteiger partial charge is 0.481 e. The normalized spacial score (nSPS) is 11.1. The van der Waals surface area contributed by atoms with E-state index in [2.05, 4.69) is 14.8 Å². The van der Waals surface area contributed by atoms with Gasteiger partial charge in [-0.3, -0.25) is 4.79 Å². The second-order valence-electron chi connectivity index (χ2n) is 5.05. The Morgan fingerprint density at radius 3 is 2.86 bits per heavy atom. The Labute approximate surface area is 121 Å². The maximum atomic E-state index is 10.8. The summed E-state index contributed by atoms with van der Waals surface area (Å²) in [6, 6.07) is 8.02. The maximum Gasteiger partial charge on any atom is 0.303 e. The molecule has 108 valence electrons. The fourth-order valence-electron chi connectivity index (χ4n) is 2.50. The topological polar surface area (TPSA) is 72.9 Å². The molecule has 0 radical (unpaired) electrons. The number of aromatic nitrogens is 4. The molecular formula is C15H16N4O2. The van der Waals surface area contributed by atoms with Gasteiger partial charge in [0.25, 0.3) is 0 Å². The van der Waals surface area contributed by atoms with Crippen LogP contribution in [0.5, 0.6) is 0 Å². The summed E-state index contributed by atoms with van der Waals surface area (Å²) < 4.78 is 3.97. The van der Waals surface area contributed by atoms with Crippen molar-refractivity contribution in [1.82, 2.24) is 19.3 Å². The van der Waals surface area contributed by atoms with Gasteiger partial charge < -0.3 is 14.2 Å². The van der Waals surface area contributed by atoms with Gasteiger partial charge in [0.1, 0.15) is 6.33 Å². The van der Waals surface area contributed by atoms with E-state index in [4.69, 9.17) is 5.11 Å². The lowest BCUT2D eigenvalue weighted by atomic mass is 10.1. The van der Waals surface area contributed by atoms with Crippen molar-refractivity contribution < 1.29 is 9.90 Å². The van der Waals surface area contributed by atoms with E-state index in [1.165, 1.54) is 0 Å². The van der Waals surface area contributed by atoms with Gasteiger partial charge in [-0.2, -0.15) is 0 Å². The van der Waals surface area contributed by atoms with Crippen LogP contribution in [0, 0.1) is 0 Å². The van der Waals surface area contributed by atoms with Crippen LogP contribution in [-0.4, -0.2) is 30.4 Å². The summed E-state index contributed by atoms with van der Waals surface area (Å²) in [6.45, 7) is 0.615. The van der Waals surface area contributed by atoms with Gasteiger partial charge in [-0.1, -0.05) is 18.2 Å². The van der Waals surface area contributed by atoms with Crippen LogP contribution >= 0.6 is 0 Å². The van der Waals surface area contributed by atoms with Crippen molar-refractivity contribution in [3.63, 3.8) is 0 Å². The first-order valence-electron chi connectivity index (χ1n) is 6.76. The molecule has 0 spiro atoms. The number of hydrogen-bond donors (Lipinski definition) is 1. The number of hydrogen-bond acceptors (Lipinski definition) is 3. The Hall–Kier alpha value is -2.63. The standard InChI is InChI=1S/C15H16N4O2/c1-18-10-16-17-14(18)9-19-8-11(6-7-15(20)21)12-4-2-3-5-13(12)19/h2-5,8,10H,6-7,9H2,1H3,(H,20,21). The van der Waals surface area contributed by atoms with Gasteiger partial charge in [0.15, 0.2) is 5.82 Å². The van der Waals surface area contributed by atoms with Crippen LogP contribution in [0.3, 0.4) is 0 Å². The molecule has 0 saturated carbocycles. The molecule has 0 fully saturated rings. The molecule has 0 aliphatic carbocycles. The van der Waals surface area contributed by atoms with Crippen LogP contribution in [0.2, 0.25) is 0 Å². The minimum Gasteiger partial charge on any atom is -0.481 e. The molecule has 0 aliphatic rings. The first kappa shape index (κ1) is 13.4. The number of aliphatic carboxylic acids is 1. The fraction of sp³-hybridized carbons (Fsp3) is 0.267. The number of carboxylic acid groups (broad SMARTS) is 1. The lowest BCUT2D eigenvalue weighted by Gasteiger charge is -2.04. The summed E-state index contributed by atoms with van der Waals surface area (Å²) in [6.07, 6.45) is 4.36. The zero-order valence-corrected chi connectivity index (χ0v) is 11.7. The number of para-hydroxylation sites is 1. The van der Waals surface area contributed by atoms with Crippen LogP contribution in [0.25, 0.3) is 10.9 Å². The van der Waals surface area contributed by atoms with Crippen molar-refractivity contribution in [2.24, 2.45) is 7.05 Å². The highest BCUT2D eigenvalue weighted by molar-refractivity contribution is 5.84. The highest BCUT2D eigenvalue weighted by Crippen LogP contribution is 2.23. The van der Waals surface area contributed by atoms with Crippen LogP contribution < -0.4 is 0 Å². The molecule has 6 heteroatoms. The average Bonchev–Trinajstić information content (AvgIpc) is 3.02. The molecule has 6 nitrogen and oxygen atoms in total. The van der Waals surface area contributed by atoms with Gasteiger partial charge in [0.05, 0.1) is 6.54 Å². The van der Waals surface area contributed by atoms with Gasteiger partial charge in [-0.05, 0) is 18.1 Å². The third-order valence-electron chi connectivity index (χ3n) is 3.60. The Kier molecular flexibility index (Phi) is 3.43. The van der Waals surface area contributed by atoms with Gasteiger partial charge in [-0.15, -0.1) is 10.2 Å². The number of nitrogens with zero attached hydrogens (tertiary/aromatic N) is 4. The van der Waals surface area contributed by atoms with Crippen LogP contribution in [0.1, 0.15) is 17.8 Å². The fourth-order valence-corrected chi connectivity index (χ4v) is 2.50. The van der Waals surface area contributed by atoms with E-state index < -0.39 is 5.97 Å². The minimum atomic E-state index is -0.778. The number of carbonyl (C=O) groups is 1. The highest BCUT2D eigenvalue weighted by Gasteiger charge is 2.11. The minimum absolute atomic E-state index is 0.137. The molecule has 0 unspecified atom stereocenters. The van der Waals surface area contributed by atoms with Gasteiger partial charge in [-0.25, -0.2) is 0 Å². The van der Waals surface area contributed by atoms with Gasteiger partial charge in [0.2, 0.25) is 0 Å². The van der Waals surface area contributed by atoms with Crippen LogP contribution in [-0.2, 0) is 24.8 Å². The Morgan fingerprint density at radius 1 is 1.33 bits per heavy atom. The first-order valence-corrected chi connectivity index (χ1v) is 6.76. The molecule has 0 atom stereocenters. The summed E-state index contributed by atoms with van der Waals surface area (Å²) in [5.74, 6) is 0.0840. The number of aryl methyl sites for hydroxylation is 2. The lowest BCUT2D eigenvalue weighted by molar-refractivity contribution is -0.136. The molecule has 0 saturated heterocycles.